The largest absolute Gasteiger partial charge is 0.695 e. The van der Waals surface area contributed by atoms with Crippen LogP contribution in [0.2, 0.25) is 0 Å². The normalized spacial score (nSPS) is 24.4. The van der Waals surface area contributed by atoms with Crippen molar-refractivity contribution in [3.8, 4) is 0 Å². The van der Waals surface area contributed by atoms with Crippen molar-refractivity contribution in [1.29, 1.82) is 0 Å². The fourth-order valence-corrected chi connectivity index (χ4v) is 10.0. The van der Waals surface area contributed by atoms with Crippen molar-refractivity contribution in [2.24, 2.45) is 5.11 Å². The van der Waals surface area contributed by atoms with E-state index in [0.29, 0.717) is 0 Å². The molecular weight excluding hydrogens is 998 g/mol. The Morgan fingerprint density at radius 3 is 1.05 bits per heavy atom. The van der Waals surface area contributed by atoms with Gasteiger partial charge in [-0.15, -0.1) is 9.42 Å². The van der Waals surface area contributed by atoms with Gasteiger partial charge in [0.25, 0.3) is 0 Å². The number of rotatable bonds is 27. The van der Waals surface area contributed by atoms with E-state index in [1.165, 1.54) is 0 Å². The van der Waals surface area contributed by atoms with Crippen LogP contribution in [0.25, 0.3) is 10.4 Å². The van der Waals surface area contributed by atoms with Gasteiger partial charge in [-0.05, 0) is 44.5 Å². The molecule has 7 aromatic rings. The first-order valence-electron chi connectivity index (χ1n) is 25.7. The lowest BCUT2D eigenvalue weighted by molar-refractivity contribution is -0.336. The molecule has 15 nitrogen and oxygen atoms in total. The van der Waals surface area contributed by atoms with Gasteiger partial charge < -0.3 is 42.6 Å². The van der Waals surface area contributed by atoms with Crippen molar-refractivity contribution in [2.45, 2.75) is 114 Å². The molecule has 0 bridgehead atoms. The molecule has 1 saturated carbocycles. The maximum absolute atomic E-state index is 13.4. The topological polar surface area (TPSA) is 178 Å². The van der Waals surface area contributed by atoms with Crippen LogP contribution in [-0.4, -0.2) is 78.8 Å². The third kappa shape index (κ3) is 16.0. The Morgan fingerprint density at radius 1 is 0.416 bits per heavy atom. The molecule has 12 atom stereocenters. The van der Waals surface area contributed by atoms with E-state index in [2.05, 4.69) is 10.0 Å². The fourth-order valence-electron chi connectivity index (χ4n) is 9.59. The summed E-state index contributed by atoms with van der Waals surface area (Å²) in [6.45, 7) is 0.813. The van der Waals surface area contributed by atoms with Crippen LogP contribution < -0.4 is 0 Å². The minimum atomic E-state index is -3.35. The lowest BCUT2D eigenvalue weighted by Gasteiger charge is -2.50. The Balaban J connectivity index is 1.15. The Kier molecular flexibility index (Phi) is 21.0. The second-order valence-corrected chi connectivity index (χ2v) is 19.4. The molecule has 398 valence electrons. The van der Waals surface area contributed by atoms with E-state index in [1.807, 2.05) is 212 Å². The Bertz CT molecular complexity index is 2850. The average Bonchev–Trinajstić information content (AvgIpc) is 3.48. The molecule has 77 heavy (non-hydrogen) atoms. The summed E-state index contributed by atoms with van der Waals surface area (Å²) in [6, 6.07) is 66.3. The monoisotopic (exact) mass is 1060 g/mol. The van der Waals surface area contributed by atoms with Crippen LogP contribution in [0.1, 0.15) is 38.9 Å². The SMILES string of the molecule is [N-]=[N+]=N[C@H]1[C@@H](O[C@@H]2[C@@H](OCc3ccccc3)[C@H](OCc3ccccc3)[C@@H](OCc3ccccc3)[C@@H](OCc3ccccc3)[C@H]2O[P+](=O)O)O[C@H](COCc2ccccc2)[C@@H](OCc2ccccc2)[C@@H]1OCc1ccccc1. The van der Waals surface area contributed by atoms with Crippen LogP contribution >= 0.6 is 8.25 Å². The molecule has 1 heterocycles. The second kappa shape index (κ2) is 29.3. The van der Waals surface area contributed by atoms with Crippen molar-refractivity contribution in [3.63, 3.8) is 0 Å². The summed E-state index contributed by atoms with van der Waals surface area (Å²) < 4.78 is 81.8. The molecule has 7 aromatic carbocycles. The van der Waals surface area contributed by atoms with Gasteiger partial charge in [0.05, 0.1) is 52.9 Å². The molecule has 0 amide bonds. The van der Waals surface area contributed by atoms with E-state index < -0.39 is 75.5 Å². The van der Waals surface area contributed by atoms with Gasteiger partial charge in [0.1, 0.15) is 54.9 Å². The predicted molar refractivity (Wildman–Crippen MR) is 287 cm³/mol. The molecule has 1 aliphatic heterocycles. The van der Waals surface area contributed by atoms with Gasteiger partial charge >= 0.3 is 8.25 Å². The number of benzene rings is 7. The van der Waals surface area contributed by atoms with Crippen LogP contribution in [0.4, 0.5) is 0 Å². The van der Waals surface area contributed by atoms with Gasteiger partial charge in [-0.2, -0.15) is 0 Å². The van der Waals surface area contributed by atoms with E-state index in [-0.39, 0.29) is 52.9 Å². The number of hydrogen-bond acceptors (Lipinski definition) is 12. The zero-order chi connectivity index (χ0) is 52.9. The highest BCUT2D eigenvalue weighted by Gasteiger charge is 2.60. The van der Waals surface area contributed by atoms with E-state index in [9.17, 15) is 15.0 Å². The van der Waals surface area contributed by atoms with E-state index in [0.717, 1.165) is 38.9 Å². The molecule has 1 saturated heterocycles. The summed E-state index contributed by atoms with van der Waals surface area (Å²) in [4.78, 5) is 14.3. The minimum absolute atomic E-state index is 0.00947. The van der Waals surface area contributed by atoms with Crippen molar-refractivity contribution in [2.75, 3.05) is 6.61 Å². The quantitative estimate of drug-likeness (QED) is 0.0223. The first kappa shape index (κ1) is 55.3. The Morgan fingerprint density at radius 2 is 0.714 bits per heavy atom. The van der Waals surface area contributed by atoms with Crippen LogP contribution in [0.5, 0.6) is 0 Å². The Labute approximate surface area is 450 Å². The van der Waals surface area contributed by atoms with Crippen LogP contribution in [0.3, 0.4) is 0 Å². The summed E-state index contributed by atoms with van der Waals surface area (Å²) in [5.74, 6) is 0. The predicted octanol–water partition coefficient (Wildman–Crippen LogP) is 11.6. The molecule has 0 spiro atoms. The molecular formula is C61H63N3O12P+. The zero-order valence-corrected chi connectivity index (χ0v) is 43.3. The zero-order valence-electron chi connectivity index (χ0n) is 42.4. The highest BCUT2D eigenvalue weighted by molar-refractivity contribution is 7.32. The van der Waals surface area contributed by atoms with Crippen LogP contribution in [0, 0.1) is 0 Å². The van der Waals surface area contributed by atoms with Gasteiger partial charge in [0.15, 0.2) is 12.4 Å². The first-order chi connectivity index (χ1) is 38.0. The van der Waals surface area contributed by atoms with E-state index in [1.54, 1.807) is 0 Å². The molecule has 0 aromatic heterocycles. The summed E-state index contributed by atoms with van der Waals surface area (Å²) in [5, 5.41) is 4.37. The number of ether oxygens (including phenoxy) is 9. The summed E-state index contributed by atoms with van der Waals surface area (Å²) in [7, 11) is -3.35. The third-order valence-electron chi connectivity index (χ3n) is 13.4. The molecule has 1 N–H and O–H groups in total. The minimum Gasteiger partial charge on any atom is -0.374 e. The van der Waals surface area contributed by atoms with Crippen molar-refractivity contribution >= 4 is 8.25 Å². The molecule has 0 radical (unpaired) electrons. The number of azide groups is 1. The lowest BCUT2D eigenvalue weighted by atomic mass is 9.83. The third-order valence-corrected chi connectivity index (χ3v) is 13.8. The van der Waals surface area contributed by atoms with Crippen LogP contribution in [-0.2, 0) is 98.0 Å². The fraction of sp³-hybridized carbons (Fsp3) is 0.311. The summed E-state index contributed by atoms with van der Waals surface area (Å²) in [5.41, 5.74) is 16.5. The molecule has 9 rings (SSSR count). The number of hydrogen-bond donors (Lipinski definition) is 1. The van der Waals surface area contributed by atoms with Gasteiger partial charge in [-0.1, -0.05) is 217 Å². The second-order valence-electron chi connectivity index (χ2n) is 18.7. The molecule has 2 aliphatic rings. The lowest BCUT2D eigenvalue weighted by Crippen LogP contribution is -2.69. The van der Waals surface area contributed by atoms with Gasteiger partial charge in [0.2, 0.25) is 0 Å². The summed E-state index contributed by atoms with van der Waals surface area (Å²) in [6.07, 6.45) is -11.4. The molecule has 1 aliphatic carbocycles. The maximum Gasteiger partial charge on any atom is 0.695 e. The highest BCUT2D eigenvalue weighted by Crippen LogP contribution is 2.41. The van der Waals surface area contributed by atoms with Crippen molar-refractivity contribution < 1.29 is 56.6 Å². The van der Waals surface area contributed by atoms with E-state index >= 15 is 0 Å². The van der Waals surface area contributed by atoms with Gasteiger partial charge in [-0.3, -0.25) is 0 Å². The molecule has 2 fully saturated rings. The van der Waals surface area contributed by atoms with Crippen LogP contribution in [0.15, 0.2) is 217 Å². The Hall–Kier alpha value is -6.49. The summed E-state index contributed by atoms with van der Waals surface area (Å²) >= 11 is 0. The van der Waals surface area contributed by atoms with Gasteiger partial charge in [-0.25, -0.2) is 0 Å². The maximum atomic E-state index is 13.4. The smallest absolute Gasteiger partial charge is 0.374 e. The number of nitrogens with zero attached hydrogens (tertiary/aromatic N) is 3. The highest BCUT2D eigenvalue weighted by atomic mass is 31.1. The molecule has 16 heteroatoms. The standard InChI is InChI=1S/C61H62N3O12P/c62-64-63-52-54(69-38-46-26-12-3-13-27-46)53(68-37-45-24-10-2-11-25-45)51(43-67-36-44-22-8-1-9-23-44)74-61(52)75-59-57(72-41-49-32-18-6-19-33-49)55(70-39-47-28-14-4-15-29-47)56(71-40-48-30-16-5-17-31-48)58(60(59)76-77(65)66)73-42-50-34-20-7-21-35-50/h1-35,51-61H,36-43H2/p+1/t51-,52-,53-,54-,55-,56-,57+,58-,59-,60-,61-/m1/s1. The first-order valence-corrected chi connectivity index (χ1v) is 26.8. The van der Waals surface area contributed by atoms with E-state index in [4.69, 9.17) is 47.2 Å². The van der Waals surface area contributed by atoms with Gasteiger partial charge in [0, 0.05) is 9.48 Å². The molecule has 1 unspecified atom stereocenters. The van der Waals surface area contributed by atoms with Crippen molar-refractivity contribution in [3.05, 3.63) is 262 Å². The average molecular weight is 1060 g/mol. The van der Waals surface area contributed by atoms with Crippen molar-refractivity contribution in [1.82, 2.24) is 0 Å².